The molecule has 0 amide bonds. The molecule has 2 heteroatoms. The van der Waals surface area contributed by atoms with Crippen molar-refractivity contribution in [2.45, 2.75) is 27.7 Å². The van der Waals surface area contributed by atoms with Crippen LogP contribution in [0.2, 0.25) is 0 Å². The van der Waals surface area contributed by atoms with Gasteiger partial charge in [-0.1, -0.05) is 50.8 Å². The first-order valence-corrected chi connectivity index (χ1v) is 5.51. The zero-order valence-electron chi connectivity index (χ0n) is 10.8. The molecule has 1 aliphatic heterocycles. The van der Waals surface area contributed by atoms with Gasteiger partial charge in [0, 0.05) is 6.20 Å². The molecule has 0 fully saturated rings. The summed E-state index contributed by atoms with van der Waals surface area (Å²) in [4.78, 5) is 3.92. The van der Waals surface area contributed by atoms with Crippen LogP contribution in [0.25, 0.3) is 0 Å². The van der Waals surface area contributed by atoms with Gasteiger partial charge in [0.15, 0.2) is 0 Å². The number of hydrogen-bond acceptors (Lipinski definition) is 2. The second-order valence-corrected chi connectivity index (χ2v) is 2.51. The predicted octanol–water partition coefficient (Wildman–Crippen LogP) is 4.01. The third kappa shape index (κ3) is 14.9. The van der Waals surface area contributed by atoms with Crippen LogP contribution in [-0.2, 0) is 0 Å². The van der Waals surface area contributed by atoms with Crippen LogP contribution in [-0.4, -0.2) is 5.84 Å². The fourth-order valence-corrected chi connectivity index (χ4v) is 0.658. The average Bonchev–Trinajstić information content (AvgIpc) is 2.34. The molecule has 1 heterocycles. The lowest BCUT2D eigenvalue weighted by atomic mass is 10.4. The minimum absolute atomic E-state index is 0.947. The molecule has 0 bridgehead atoms. The Morgan fingerprint density at radius 2 is 1.94 bits per heavy atom. The molecule has 0 aromatic heterocycles. The molecule has 16 heavy (non-hydrogen) atoms. The highest BCUT2D eigenvalue weighted by Gasteiger charge is 1.86. The molecule has 2 nitrogen and oxygen atoms in total. The monoisotopic (exact) mass is 219 g/mol. The van der Waals surface area contributed by atoms with Crippen molar-refractivity contribution >= 4 is 5.84 Å². The van der Waals surface area contributed by atoms with Gasteiger partial charge in [0.25, 0.3) is 0 Å². The number of nitrogens with zero attached hydrogens (tertiary/aromatic N) is 1. The molecule has 1 N–H and O–H groups in total. The van der Waals surface area contributed by atoms with Gasteiger partial charge in [0.2, 0.25) is 0 Å². The number of nitrogens with one attached hydrogen (secondary N) is 1. The molecule has 0 saturated carbocycles. The van der Waals surface area contributed by atoms with Crippen LogP contribution in [0.1, 0.15) is 27.7 Å². The van der Waals surface area contributed by atoms with Gasteiger partial charge in [-0.3, -0.25) is 4.99 Å². The third-order valence-corrected chi connectivity index (χ3v) is 1.29. The van der Waals surface area contributed by atoms with Crippen molar-refractivity contribution in [3.8, 4) is 0 Å². The van der Waals surface area contributed by atoms with Crippen molar-refractivity contribution in [2.24, 2.45) is 4.99 Å². The molecular formula is C14H23N2. The van der Waals surface area contributed by atoms with E-state index in [0.29, 0.717) is 0 Å². The standard InChI is InChI=1S/C7H10.C5H7N2.C2H6/c1-3-5-7-6-4-2;1-5-6-3-2-4-7-5;1-2/h3-7H,1H2,2H3;2-4H,1H3,(H,6,7);1-2H3/b6-4-,7-5-;;. The minimum Gasteiger partial charge on any atom is -0.351 e. The van der Waals surface area contributed by atoms with Crippen LogP contribution >= 0.6 is 0 Å². The Hall–Kier alpha value is -1.57. The highest BCUT2D eigenvalue weighted by atomic mass is 15.0. The normalized spacial score (nSPS) is 13.1. The number of amidine groups is 1. The smallest absolute Gasteiger partial charge is 0.0979 e. The minimum atomic E-state index is 0.947. The van der Waals surface area contributed by atoms with Crippen LogP contribution in [0, 0.1) is 6.54 Å². The first-order valence-electron chi connectivity index (χ1n) is 5.51. The Morgan fingerprint density at radius 1 is 1.25 bits per heavy atom. The second kappa shape index (κ2) is 15.9. The third-order valence-electron chi connectivity index (χ3n) is 1.29. The summed E-state index contributed by atoms with van der Waals surface area (Å²) in [5, 5.41) is 2.92. The van der Waals surface area contributed by atoms with Gasteiger partial charge in [-0.25, -0.2) is 0 Å². The van der Waals surface area contributed by atoms with Crippen molar-refractivity contribution in [3.63, 3.8) is 0 Å². The van der Waals surface area contributed by atoms with Crippen molar-refractivity contribution in [3.05, 3.63) is 55.8 Å². The van der Waals surface area contributed by atoms with Gasteiger partial charge < -0.3 is 5.32 Å². The largest absolute Gasteiger partial charge is 0.351 e. The van der Waals surface area contributed by atoms with E-state index in [0.717, 1.165) is 5.84 Å². The lowest BCUT2D eigenvalue weighted by Gasteiger charge is -2.00. The molecule has 89 valence electrons. The van der Waals surface area contributed by atoms with Crippen molar-refractivity contribution < 1.29 is 0 Å². The number of aliphatic imine (C=N–C) groups is 1. The van der Waals surface area contributed by atoms with E-state index in [-0.39, 0.29) is 0 Å². The summed E-state index contributed by atoms with van der Waals surface area (Å²) >= 11 is 0. The highest BCUT2D eigenvalue weighted by molar-refractivity contribution is 5.81. The van der Waals surface area contributed by atoms with Gasteiger partial charge in [0.1, 0.15) is 0 Å². The molecule has 1 aliphatic rings. The molecule has 1 rings (SSSR count). The van der Waals surface area contributed by atoms with E-state index in [1.165, 1.54) is 0 Å². The zero-order chi connectivity index (χ0) is 12.6. The fraction of sp³-hybridized carbons (Fsp3) is 0.286. The maximum atomic E-state index is 3.92. The van der Waals surface area contributed by atoms with Gasteiger partial charge in [-0.2, -0.15) is 0 Å². The highest BCUT2D eigenvalue weighted by Crippen LogP contribution is 1.87. The second-order valence-electron chi connectivity index (χ2n) is 2.51. The maximum Gasteiger partial charge on any atom is 0.0979 e. The van der Waals surface area contributed by atoms with Gasteiger partial charge in [-0.05, 0) is 19.9 Å². The molecule has 1 radical (unpaired) electrons. The Balaban J connectivity index is 0. The Kier molecular flexibility index (Phi) is 16.7. The molecule has 0 saturated heterocycles. The van der Waals surface area contributed by atoms with Gasteiger partial charge in [-0.15, -0.1) is 0 Å². The van der Waals surface area contributed by atoms with Crippen LogP contribution in [0.15, 0.2) is 54.2 Å². The number of allylic oxidation sites excluding steroid dienone is 5. The summed E-state index contributed by atoms with van der Waals surface area (Å²) in [6.07, 6.45) is 13.2. The first-order chi connectivity index (χ1) is 7.81. The molecule has 0 unspecified atom stereocenters. The Labute approximate surface area is 100 Å². The Bertz CT molecular complexity index is 258. The number of hydrogen-bond donors (Lipinski definition) is 1. The Morgan fingerprint density at radius 3 is 2.25 bits per heavy atom. The number of rotatable bonds is 2. The van der Waals surface area contributed by atoms with Gasteiger partial charge >= 0.3 is 0 Å². The van der Waals surface area contributed by atoms with E-state index in [4.69, 9.17) is 0 Å². The topological polar surface area (TPSA) is 24.4 Å². The lowest BCUT2D eigenvalue weighted by Crippen LogP contribution is -2.14. The predicted molar refractivity (Wildman–Crippen MR) is 75.2 cm³/mol. The first kappa shape index (κ1) is 16.8. The molecule has 0 aromatic carbocycles. The lowest BCUT2D eigenvalue weighted by molar-refractivity contribution is 1.16. The van der Waals surface area contributed by atoms with E-state index >= 15 is 0 Å². The molecule has 0 aliphatic carbocycles. The van der Waals surface area contributed by atoms with Crippen molar-refractivity contribution in [1.82, 2.24) is 5.32 Å². The molecule has 0 atom stereocenters. The van der Waals surface area contributed by atoms with E-state index < -0.39 is 0 Å². The summed E-state index contributed by atoms with van der Waals surface area (Å²) in [5.41, 5.74) is 0. The van der Waals surface area contributed by atoms with E-state index in [1.54, 1.807) is 12.6 Å². The SMILES string of the molecule is C=C/C=C\C=C/C.CC.CC1=N[CH]C=CN1. The molecule has 0 spiro atoms. The quantitative estimate of drug-likeness (QED) is 0.697. The average molecular weight is 219 g/mol. The maximum absolute atomic E-state index is 3.92. The molecular weight excluding hydrogens is 196 g/mol. The zero-order valence-corrected chi connectivity index (χ0v) is 10.8. The van der Waals surface area contributed by atoms with Crippen LogP contribution in [0.5, 0.6) is 0 Å². The van der Waals surface area contributed by atoms with Gasteiger partial charge in [0.05, 0.1) is 12.4 Å². The van der Waals surface area contributed by atoms with Crippen LogP contribution < -0.4 is 5.32 Å². The van der Waals surface area contributed by atoms with E-state index in [1.807, 2.05) is 64.3 Å². The summed E-state index contributed by atoms with van der Waals surface area (Å²) in [5.74, 6) is 0.947. The summed E-state index contributed by atoms with van der Waals surface area (Å²) in [7, 11) is 0. The van der Waals surface area contributed by atoms with Crippen molar-refractivity contribution in [1.29, 1.82) is 0 Å². The van der Waals surface area contributed by atoms with E-state index in [9.17, 15) is 0 Å². The van der Waals surface area contributed by atoms with Crippen LogP contribution in [0.4, 0.5) is 0 Å². The van der Waals surface area contributed by atoms with Crippen LogP contribution in [0.3, 0.4) is 0 Å². The summed E-state index contributed by atoms with van der Waals surface area (Å²) in [6.45, 7) is 13.2. The summed E-state index contributed by atoms with van der Waals surface area (Å²) in [6, 6.07) is 0. The fourth-order valence-electron chi connectivity index (χ4n) is 0.658. The summed E-state index contributed by atoms with van der Waals surface area (Å²) < 4.78 is 0. The van der Waals surface area contributed by atoms with E-state index in [2.05, 4.69) is 16.9 Å². The van der Waals surface area contributed by atoms with Crippen molar-refractivity contribution in [2.75, 3.05) is 0 Å². The molecule has 0 aromatic rings.